The third kappa shape index (κ3) is 28.2. The van der Waals surface area contributed by atoms with Crippen molar-refractivity contribution in [3.05, 3.63) is 414 Å². The molecule has 5 unspecified atom stereocenters. The van der Waals surface area contributed by atoms with Crippen molar-refractivity contribution in [2.24, 2.45) is 0 Å². The van der Waals surface area contributed by atoms with Gasteiger partial charge in [-0.05, 0) is 230 Å². The fourth-order valence-corrected chi connectivity index (χ4v) is 15.9. The van der Waals surface area contributed by atoms with Crippen LogP contribution in [0.25, 0.3) is 28.6 Å². The van der Waals surface area contributed by atoms with Crippen LogP contribution in [0.5, 0.6) is 28.7 Å². The Morgan fingerprint density at radius 1 is 0.261 bits per heavy atom. The van der Waals surface area contributed by atoms with Crippen molar-refractivity contribution in [3.63, 3.8) is 0 Å². The van der Waals surface area contributed by atoms with E-state index in [2.05, 4.69) is 18.8 Å². The number of nitrogens with zero attached hydrogens (tertiary/aromatic N) is 11. The lowest BCUT2D eigenvalue weighted by Crippen LogP contribution is -2.38. The van der Waals surface area contributed by atoms with Crippen LogP contribution in [0.4, 0.5) is 0 Å². The fourth-order valence-electron chi connectivity index (χ4n) is 15.7. The minimum absolute atomic E-state index is 0.0138. The summed E-state index contributed by atoms with van der Waals surface area (Å²) in [4.78, 5) is 79.8. The molecule has 22 heteroatoms. The van der Waals surface area contributed by atoms with Crippen molar-refractivity contribution in [3.8, 4) is 57.3 Å². The number of carbonyl (C=O) groups excluding carboxylic acids is 5. The number of halogens is 1. The molecule has 0 bridgehead atoms. The quantitative estimate of drug-likeness (QED) is 0.0361. The molecule has 0 radical (unpaired) electrons. The van der Waals surface area contributed by atoms with Crippen LogP contribution in [0.3, 0.4) is 0 Å². The summed E-state index contributed by atoms with van der Waals surface area (Å²) in [6, 6.07) is 91.8. The molecule has 6 aromatic heterocycles. The van der Waals surface area contributed by atoms with Gasteiger partial charge in [-0.2, -0.15) is 0 Å². The summed E-state index contributed by atoms with van der Waals surface area (Å²) in [7, 11) is 0. The summed E-state index contributed by atoms with van der Waals surface area (Å²) in [6.45, 7) is 36.8. The first kappa shape index (κ1) is 104. The fraction of sp³-hybridized carbons (Fsp3) is 0.276. The molecule has 0 N–H and O–H groups in total. The van der Waals surface area contributed by atoms with Crippen LogP contribution in [0.15, 0.2) is 353 Å². The number of rotatable bonds is 37. The van der Waals surface area contributed by atoms with E-state index < -0.39 is 30.5 Å². The molecule has 15 aromatic rings. The maximum absolute atomic E-state index is 13.5. The van der Waals surface area contributed by atoms with Gasteiger partial charge in [-0.3, -0.25) is 24.0 Å². The first-order valence-electron chi connectivity index (χ1n) is 47.9. The van der Waals surface area contributed by atoms with Gasteiger partial charge in [0.2, 0.25) is 30.5 Å². The number of ether oxygens (including phenoxy) is 5. The molecule has 5 atom stereocenters. The van der Waals surface area contributed by atoms with Gasteiger partial charge in [-0.1, -0.05) is 211 Å². The van der Waals surface area contributed by atoms with Crippen LogP contribution < -0.4 is 23.7 Å². The second-order valence-corrected chi connectivity index (χ2v) is 33.6. The van der Waals surface area contributed by atoms with Crippen LogP contribution in [-0.4, -0.2) is 147 Å². The lowest BCUT2D eigenvalue weighted by molar-refractivity contribution is -0.139. The molecular weight excluding hydrogens is 1740 g/mol. The Labute approximate surface area is 820 Å². The van der Waals surface area contributed by atoms with Gasteiger partial charge in [0.1, 0.15) is 23.0 Å². The SMILES string of the molecule is CCCN(CCC)C(=O)C(Oc1ccccc1-n1cccc1)c1ccc(C)cc1.CCN(CC)C(=O)C(Oc1ccc(Cl)cc1-n1cccc1)c1ccc(C)cc1.CCN(CC)C(=O)C(Oc1ccccc1-n1cccc1)c1ccc(C)cc1.CCN(CC)C(=O)C(Oc1ccccc1-n1cccc1)c1ccc(C)cc1.CCN(CC)C(=O)C(Oc1cccnc1-n1cccc1)c1ccc(C)cc1. The van der Waals surface area contributed by atoms with Crippen molar-refractivity contribution < 1.29 is 47.7 Å². The minimum atomic E-state index is -0.726. The zero-order chi connectivity index (χ0) is 98.4. The first-order valence-corrected chi connectivity index (χ1v) is 48.2. The van der Waals surface area contributed by atoms with Gasteiger partial charge in [-0.15, -0.1) is 0 Å². The highest BCUT2D eigenvalue weighted by atomic mass is 35.5. The Morgan fingerprint density at radius 3 is 0.746 bits per heavy atom. The largest absolute Gasteiger partial charge is 0.474 e. The van der Waals surface area contributed by atoms with E-state index in [9.17, 15) is 24.0 Å². The highest BCUT2D eigenvalue weighted by Crippen LogP contribution is 2.38. The van der Waals surface area contributed by atoms with E-state index >= 15 is 0 Å². The number of amides is 5. The summed E-state index contributed by atoms with van der Waals surface area (Å²) < 4.78 is 41.5. The predicted octanol–water partition coefficient (Wildman–Crippen LogP) is 24.7. The summed E-state index contributed by atoms with van der Waals surface area (Å²) >= 11 is 6.22. The molecule has 0 fully saturated rings. The molecular formula is C116H132ClN11O10. The predicted molar refractivity (Wildman–Crippen MR) is 553 cm³/mol. The molecule has 9 aromatic carbocycles. The monoisotopic (exact) mass is 1870 g/mol. The molecule has 15 rings (SSSR count). The standard InChI is InChI=1S/C25H30N2O2.C23H25ClN2O2.2C23H26N2O2.C22H25N3O2/c1-4-16-27(17-5-2)25(28)24(21-14-12-20(3)13-15-21)29-23-11-7-6-10-22(23)26-18-8-9-19-26;1-4-25(5-2)23(27)22(18-10-8-17(3)9-11-18)28-21-13-12-19(24)16-20(21)26-14-6-7-15-26;2*1-4-24(5-2)23(26)22(19-14-12-18(3)13-15-19)27-21-11-7-6-10-20(21)25-16-8-9-17-25;1-4-24(5-2)22(26)20(18-12-10-17(3)11-13-18)27-19-9-8-14-23-21(19)25-15-6-7-16-25/h6-15,18-19,24H,4-5,16-17H2,1-3H3;6-16,22H,4-5H2,1-3H3;2*6-17,22H,4-5H2,1-3H3;6-16,20H,4-5H2,1-3H3. The molecule has 718 valence electrons. The number of para-hydroxylation sites is 6. The number of pyridine rings is 1. The Bertz CT molecular complexity index is 5810. The maximum Gasteiger partial charge on any atom is 0.268 e. The Morgan fingerprint density at radius 2 is 0.486 bits per heavy atom. The minimum Gasteiger partial charge on any atom is -0.474 e. The number of carbonyl (C=O) groups is 5. The van der Waals surface area contributed by atoms with Crippen molar-refractivity contribution in [1.82, 2.24) is 52.3 Å². The highest BCUT2D eigenvalue weighted by Gasteiger charge is 2.34. The highest BCUT2D eigenvalue weighted by molar-refractivity contribution is 6.30. The van der Waals surface area contributed by atoms with Crippen LogP contribution >= 0.6 is 11.6 Å². The molecule has 138 heavy (non-hydrogen) atoms. The maximum atomic E-state index is 13.5. The zero-order valence-electron chi connectivity index (χ0n) is 82.2. The van der Waals surface area contributed by atoms with Crippen molar-refractivity contribution >= 4 is 41.1 Å². The topological polar surface area (TPSA) is 185 Å². The third-order valence-electron chi connectivity index (χ3n) is 23.5. The Kier molecular flexibility index (Phi) is 39.7. The molecule has 0 aliphatic heterocycles. The van der Waals surface area contributed by atoms with Crippen LogP contribution in [0.2, 0.25) is 5.02 Å². The number of likely N-dealkylation sites (N-methyl/N-ethyl adjacent to an activating group) is 4. The number of aryl methyl sites for hydroxylation is 5. The smallest absolute Gasteiger partial charge is 0.268 e. The van der Waals surface area contributed by atoms with Crippen LogP contribution in [0, 0.1) is 34.6 Å². The molecule has 0 saturated heterocycles. The van der Waals surface area contributed by atoms with Gasteiger partial charge in [0, 0.05) is 166 Å². The lowest BCUT2D eigenvalue weighted by atomic mass is 10.1. The molecule has 21 nitrogen and oxygen atoms in total. The Balaban J connectivity index is 0.000000165. The van der Waals surface area contributed by atoms with Gasteiger partial charge < -0.3 is 71.0 Å². The van der Waals surface area contributed by atoms with Gasteiger partial charge in [0.15, 0.2) is 11.6 Å². The normalized spacial score (nSPS) is 11.8. The van der Waals surface area contributed by atoms with E-state index in [0.29, 0.717) is 91.9 Å². The number of hydrogen-bond acceptors (Lipinski definition) is 11. The van der Waals surface area contributed by atoms with Crippen LogP contribution in [0.1, 0.15) is 168 Å². The molecule has 0 spiro atoms. The summed E-state index contributed by atoms with van der Waals surface area (Å²) in [6.07, 6.45) is 19.6. The van der Waals surface area contributed by atoms with E-state index in [1.807, 2.05) is 469 Å². The summed E-state index contributed by atoms with van der Waals surface area (Å²) in [5, 5.41) is 0.609. The second-order valence-electron chi connectivity index (χ2n) is 33.2. The van der Waals surface area contributed by atoms with Crippen molar-refractivity contribution in [1.29, 1.82) is 0 Å². The molecule has 0 aliphatic carbocycles. The Hall–Kier alpha value is -14.8. The third-order valence-corrected chi connectivity index (χ3v) is 23.7. The van der Waals surface area contributed by atoms with E-state index in [1.165, 1.54) is 0 Å². The summed E-state index contributed by atoms with van der Waals surface area (Å²) in [5.41, 5.74) is 13.5. The number of hydrogen-bond donors (Lipinski definition) is 0. The molecule has 6 heterocycles. The number of aromatic nitrogens is 6. The van der Waals surface area contributed by atoms with E-state index in [-0.39, 0.29) is 29.5 Å². The molecule has 0 saturated carbocycles. The van der Waals surface area contributed by atoms with Crippen LogP contribution in [-0.2, 0) is 24.0 Å². The molecule has 0 aliphatic rings. The van der Waals surface area contributed by atoms with Gasteiger partial charge in [0.25, 0.3) is 29.5 Å². The zero-order valence-corrected chi connectivity index (χ0v) is 83.0. The first-order chi connectivity index (χ1) is 67.1. The molecule has 5 amide bonds. The number of benzene rings is 9. The average Bonchev–Trinajstić information content (AvgIpc) is 1.71. The van der Waals surface area contributed by atoms with Crippen molar-refractivity contribution in [2.75, 3.05) is 65.4 Å². The van der Waals surface area contributed by atoms with E-state index in [1.54, 1.807) is 22.1 Å². The van der Waals surface area contributed by atoms with E-state index in [0.717, 1.165) is 104 Å². The van der Waals surface area contributed by atoms with Gasteiger partial charge in [0.05, 0.1) is 22.7 Å². The van der Waals surface area contributed by atoms with E-state index in [4.69, 9.17) is 35.3 Å². The second kappa shape index (κ2) is 52.9. The van der Waals surface area contributed by atoms with Crippen molar-refractivity contribution in [2.45, 2.75) is 147 Å². The van der Waals surface area contributed by atoms with Gasteiger partial charge >= 0.3 is 0 Å². The average molecular weight is 1880 g/mol. The summed E-state index contributed by atoms with van der Waals surface area (Å²) in [5.74, 6) is 3.75. The lowest BCUT2D eigenvalue weighted by Gasteiger charge is -2.28. The van der Waals surface area contributed by atoms with Gasteiger partial charge in [-0.25, -0.2) is 4.98 Å².